The van der Waals surface area contributed by atoms with Crippen LogP contribution < -0.4 is 10.5 Å². The number of nitrogens with two attached hydrogens (primary N) is 1. The number of carbonyl (C=O) groups is 1. The number of esters is 1. The van der Waals surface area contributed by atoms with E-state index in [0.29, 0.717) is 12.4 Å². The Hall–Kier alpha value is -1.20. The molecule has 0 aromatic heterocycles. The molecule has 0 aliphatic rings. The van der Waals surface area contributed by atoms with Crippen molar-refractivity contribution in [1.29, 1.82) is 0 Å². The lowest BCUT2D eigenvalue weighted by Crippen LogP contribution is -2.48. The van der Waals surface area contributed by atoms with E-state index in [1.165, 1.54) is 11.8 Å². The number of ether oxygens (including phenoxy) is 2. The first-order valence-corrected chi connectivity index (χ1v) is 6.71. The van der Waals surface area contributed by atoms with Crippen molar-refractivity contribution in [3.05, 3.63) is 24.3 Å². The lowest BCUT2D eigenvalue weighted by atomic mass is 10.1. The van der Waals surface area contributed by atoms with Gasteiger partial charge in [-0.25, -0.2) is 0 Å². The maximum Gasteiger partial charge on any atom is 0.326 e. The molecule has 0 saturated heterocycles. The SMILES string of the molecule is CCOC(=O)C(C)(N)CSc1ccccc1OC. The van der Waals surface area contributed by atoms with Crippen LogP contribution in [0.2, 0.25) is 0 Å². The molecule has 2 N–H and O–H groups in total. The molecule has 1 unspecified atom stereocenters. The number of thioether (sulfide) groups is 1. The summed E-state index contributed by atoms with van der Waals surface area (Å²) in [4.78, 5) is 12.6. The van der Waals surface area contributed by atoms with E-state index < -0.39 is 5.54 Å². The molecule has 18 heavy (non-hydrogen) atoms. The van der Waals surface area contributed by atoms with Crippen molar-refractivity contribution in [3.63, 3.8) is 0 Å². The highest BCUT2D eigenvalue weighted by Crippen LogP contribution is 2.30. The Labute approximate surface area is 112 Å². The fourth-order valence-corrected chi connectivity index (χ4v) is 2.36. The minimum Gasteiger partial charge on any atom is -0.496 e. The predicted molar refractivity (Wildman–Crippen MR) is 72.9 cm³/mol. The van der Waals surface area contributed by atoms with Gasteiger partial charge in [0.1, 0.15) is 11.3 Å². The summed E-state index contributed by atoms with van der Waals surface area (Å²) in [5, 5.41) is 0. The van der Waals surface area contributed by atoms with Crippen molar-refractivity contribution in [2.75, 3.05) is 19.5 Å². The quantitative estimate of drug-likeness (QED) is 0.633. The van der Waals surface area contributed by atoms with Crippen molar-refractivity contribution in [2.45, 2.75) is 24.3 Å². The molecule has 0 spiro atoms. The van der Waals surface area contributed by atoms with E-state index in [1.807, 2.05) is 24.3 Å². The predicted octanol–water partition coefficient (Wildman–Crippen LogP) is 2.07. The minimum atomic E-state index is -0.998. The van der Waals surface area contributed by atoms with Gasteiger partial charge in [0.15, 0.2) is 0 Å². The first-order valence-electron chi connectivity index (χ1n) is 5.73. The van der Waals surface area contributed by atoms with Crippen LogP contribution in [-0.2, 0) is 9.53 Å². The Kier molecular flexibility index (Phi) is 5.50. The molecule has 0 saturated carbocycles. The second-order valence-electron chi connectivity index (χ2n) is 4.08. The summed E-state index contributed by atoms with van der Waals surface area (Å²) < 4.78 is 10.2. The van der Waals surface area contributed by atoms with Gasteiger partial charge in [0.05, 0.1) is 13.7 Å². The molecule has 0 radical (unpaired) electrons. The highest BCUT2D eigenvalue weighted by atomic mass is 32.2. The van der Waals surface area contributed by atoms with Crippen molar-refractivity contribution in [2.24, 2.45) is 5.73 Å². The van der Waals surface area contributed by atoms with Crippen LogP contribution in [0.5, 0.6) is 5.75 Å². The summed E-state index contributed by atoms with van der Waals surface area (Å²) in [6.07, 6.45) is 0. The summed E-state index contributed by atoms with van der Waals surface area (Å²) >= 11 is 1.48. The van der Waals surface area contributed by atoms with E-state index in [-0.39, 0.29) is 5.97 Å². The van der Waals surface area contributed by atoms with E-state index in [4.69, 9.17) is 15.2 Å². The fraction of sp³-hybridized carbons (Fsp3) is 0.462. The van der Waals surface area contributed by atoms with Gasteiger partial charge in [-0.3, -0.25) is 4.79 Å². The van der Waals surface area contributed by atoms with Gasteiger partial charge in [0.25, 0.3) is 0 Å². The van der Waals surface area contributed by atoms with Gasteiger partial charge < -0.3 is 15.2 Å². The van der Waals surface area contributed by atoms with Gasteiger partial charge in [0, 0.05) is 10.6 Å². The van der Waals surface area contributed by atoms with Crippen molar-refractivity contribution < 1.29 is 14.3 Å². The zero-order valence-electron chi connectivity index (χ0n) is 10.9. The zero-order valence-corrected chi connectivity index (χ0v) is 11.8. The van der Waals surface area contributed by atoms with Gasteiger partial charge in [-0.05, 0) is 26.0 Å². The van der Waals surface area contributed by atoms with Crippen LogP contribution in [0, 0.1) is 0 Å². The van der Waals surface area contributed by atoms with Gasteiger partial charge in [-0.1, -0.05) is 12.1 Å². The summed E-state index contributed by atoms with van der Waals surface area (Å²) in [5.74, 6) is 0.834. The molecule has 1 atom stereocenters. The summed E-state index contributed by atoms with van der Waals surface area (Å²) in [7, 11) is 1.62. The molecule has 5 heteroatoms. The molecule has 4 nitrogen and oxygen atoms in total. The van der Waals surface area contributed by atoms with Crippen molar-refractivity contribution in [3.8, 4) is 5.75 Å². The molecule has 0 amide bonds. The number of hydrogen-bond donors (Lipinski definition) is 1. The van der Waals surface area contributed by atoms with Gasteiger partial charge in [-0.15, -0.1) is 11.8 Å². The molecule has 0 heterocycles. The van der Waals surface area contributed by atoms with E-state index >= 15 is 0 Å². The zero-order chi connectivity index (χ0) is 13.6. The Morgan fingerprint density at radius 1 is 1.44 bits per heavy atom. The molecule has 1 aromatic rings. The molecular weight excluding hydrogens is 250 g/mol. The Balaban J connectivity index is 2.66. The van der Waals surface area contributed by atoms with Crippen LogP contribution in [0.1, 0.15) is 13.8 Å². The largest absolute Gasteiger partial charge is 0.496 e. The third-order valence-corrected chi connectivity index (χ3v) is 3.73. The van der Waals surface area contributed by atoms with E-state index in [9.17, 15) is 4.79 Å². The van der Waals surface area contributed by atoms with Crippen LogP contribution in [0.3, 0.4) is 0 Å². The molecule has 1 rings (SSSR count). The lowest BCUT2D eigenvalue weighted by molar-refractivity contribution is -0.148. The van der Waals surface area contributed by atoms with E-state index in [2.05, 4.69) is 0 Å². The Morgan fingerprint density at radius 2 is 2.11 bits per heavy atom. The maximum atomic E-state index is 11.6. The first kappa shape index (κ1) is 14.9. The number of carbonyl (C=O) groups excluding carboxylic acids is 1. The lowest BCUT2D eigenvalue weighted by Gasteiger charge is -2.22. The minimum absolute atomic E-state index is 0.338. The van der Waals surface area contributed by atoms with Crippen LogP contribution in [0.15, 0.2) is 29.2 Å². The molecule has 0 bridgehead atoms. The molecule has 0 fully saturated rings. The maximum absolute atomic E-state index is 11.6. The summed E-state index contributed by atoms with van der Waals surface area (Å²) in [5.41, 5.74) is 4.95. The van der Waals surface area contributed by atoms with E-state index in [0.717, 1.165) is 10.6 Å². The van der Waals surface area contributed by atoms with Crippen LogP contribution in [-0.4, -0.2) is 31.0 Å². The molecule has 1 aromatic carbocycles. The highest BCUT2D eigenvalue weighted by Gasteiger charge is 2.30. The topological polar surface area (TPSA) is 61.5 Å². The fourth-order valence-electron chi connectivity index (χ4n) is 1.32. The monoisotopic (exact) mass is 269 g/mol. The van der Waals surface area contributed by atoms with Crippen molar-refractivity contribution >= 4 is 17.7 Å². The van der Waals surface area contributed by atoms with Crippen LogP contribution in [0.4, 0.5) is 0 Å². The second kappa shape index (κ2) is 6.66. The highest BCUT2D eigenvalue weighted by molar-refractivity contribution is 7.99. The smallest absolute Gasteiger partial charge is 0.326 e. The number of para-hydroxylation sites is 1. The molecule has 100 valence electrons. The Morgan fingerprint density at radius 3 is 2.72 bits per heavy atom. The number of methoxy groups -OCH3 is 1. The second-order valence-corrected chi connectivity index (χ2v) is 5.09. The average molecular weight is 269 g/mol. The van der Waals surface area contributed by atoms with Crippen LogP contribution in [0.25, 0.3) is 0 Å². The molecular formula is C13H19NO3S. The van der Waals surface area contributed by atoms with Gasteiger partial charge in [-0.2, -0.15) is 0 Å². The average Bonchev–Trinajstić information content (AvgIpc) is 2.37. The van der Waals surface area contributed by atoms with E-state index in [1.54, 1.807) is 21.0 Å². The number of benzene rings is 1. The molecule has 0 aliphatic heterocycles. The normalized spacial score (nSPS) is 13.8. The first-order chi connectivity index (χ1) is 8.51. The standard InChI is InChI=1S/C13H19NO3S/c1-4-17-12(15)13(2,14)9-18-11-8-6-5-7-10(11)16-3/h5-8H,4,9,14H2,1-3H3. The van der Waals surface area contributed by atoms with Gasteiger partial charge in [0.2, 0.25) is 0 Å². The number of rotatable bonds is 6. The van der Waals surface area contributed by atoms with Crippen LogP contribution >= 0.6 is 11.8 Å². The third kappa shape index (κ3) is 3.92. The Bertz CT molecular complexity index is 407. The molecule has 0 aliphatic carbocycles. The summed E-state index contributed by atoms with van der Waals surface area (Å²) in [6, 6.07) is 7.63. The third-order valence-electron chi connectivity index (χ3n) is 2.34. The number of hydrogen-bond acceptors (Lipinski definition) is 5. The van der Waals surface area contributed by atoms with Crippen molar-refractivity contribution in [1.82, 2.24) is 0 Å². The van der Waals surface area contributed by atoms with Gasteiger partial charge >= 0.3 is 5.97 Å². The summed E-state index contributed by atoms with van der Waals surface area (Å²) in [6.45, 7) is 3.78.